The van der Waals surface area contributed by atoms with Crippen LogP contribution in [0.5, 0.6) is 0 Å². The predicted octanol–water partition coefficient (Wildman–Crippen LogP) is 2.77. The van der Waals surface area contributed by atoms with Crippen LogP contribution in [0.2, 0.25) is 0 Å². The fraction of sp³-hybridized carbons (Fsp3) is 0.500. The molecule has 1 aliphatic rings. The number of hydrogen-bond donors (Lipinski definition) is 0. The number of rotatable bonds is 4. The Hall–Kier alpha value is -0.720. The molecule has 0 aliphatic carbocycles. The summed E-state index contributed by atoms with van der Waals surface area (Å²) in [6.45, 7) is 3.18. The Balaban J connectivity index is 1.64. The molecule has 2 aromatic rings. The predicted molar refractivity (Wildman–Crippen MR) is 75.5 cm³/mol. The van der Waals surface area contributed by atoms with Crippen LogP contribution in [0.1, 0.15) is 18.4 Å². The van der Waals surface area contributed by atoms with E-state index in [9.17, 15) is 0 Å². The van der Waals surface area contributed by atoms with Crippen LogP contribution >= 0.6 is 27.3 Å². The van der Waals surface area contributed by atoms with Gasteiger partial charge >= 0.3 is 0 Å². The molecule has 1 unspecified atom stereocenters. The summed E-state index contributed by atoms with van der Waals surface area (Å²) in [6, 6.07) is 2.81. The highest BCUT2D eigenvalue weighted by atomic mass is 79.9. The van der Waals surface area contributed by atoms with Crippen LogP contribution in [-0.2, 0) is 13.1 Å². The molecule has 18 heavy (non-hydrogen) atoms. The van der Waals surface area contributed by atoms with Crippen LogP contribution < -0.4 is 0 Å². The maximum absolute atomic E-state index is 4.20. The molecule has 0 aromatic carbocycles. The first kappa shape index (κ1) is 12.3. The fourth-order valence-corrected chi connectivity index (χ4v) is 3.72. The van der Waals surface area contributed by atoms with E-state index in [1.165, 1.54) is 28.7 Å². The summed E-state index contributed by atoms with van der Waals surface area (Å²) in [5.74, 6) is 0. The number of likely N-dealkylation sites (tertiary alicyclic amines) is 1. The van der Waals surface area contributed by atoms with Gasteiger partial charge in [-0.2, -0.15) is 5.10 Å². The van der Waals surface area contributed by atoms with E-state index in [0.29, 0.717) is 6.04 Å². The SMILES string of the molecule is Brc1cc(CN2CCCC2Cn2cncn2)cs1. The third-order valence-electron chi connectivity index (χ3n) is 3.37. The zero-order valence-electron chi connectivity index (χ0n) is 10.00. The Labute approximate surface area is 119 Å². The Kier molecular flexibility index (Phi) is 3.77. The van der Waals surface area contributed by atoms with Gasteiger partial charge in [0.25, 0.3) is 0 Å². The van der Waals surface area contributed by atoms with E-state index in [0.717, 1.165) is 13.1 Å². The molecule has 0 saturated carbocycles. The molecule has 1 fully saturated rings. The van der Waals surface area contributed by atoms with E-state index in [-0.39, 0.29) is 0 Å². The maximum atomic E-state index is 4.20. The molecular formula is C12H15BrN4S. The molecule has 0 amide bonds. The largest absolute Gasteiger partial charge is 0.294 e. The second kappa shape index (κ2) is 5.50. The smallest absolute Gasteiger partial charge is 0.137 e. The van der Waals surface area contributed by atoms with E-state index in [4.69, 9.17) is 0 Å². The molecule has 1 aliphatic heterocycles. The zero-order valence-corrected chi connectivity index (χ0v) is 12.4. The fourth-order valence-electron chi connectivity index (χ4n) is 2.52. The Morgan fingerprint density at radius 3 is 3.17 bits per heavy atom. The van der Waals surface area contributed by atoms with Gasteiger partial charge in [0.2, 0.25) is 0 Å². The van der Waals surface area contributed by atoms with Gasteiger partial charge in [0.05, 0.1) is 10.3 Å². The minimum atomic E-state index is 0.588. The lowest BCUT2D eigenvalue weighted by molar-refractivity contribution is 0.219. The number of aromatic nitrogens is 3. The molecule has 3 heterocycles. The zero-order chi connectivity index (χ0) is 12.4. The van der Waals surface area contributed by atoms with Crippen molar-refractivity contribution in [2.45, 2.75) is 32.0 Å². The van der Waals surface area contributed by atoms with Gasteiger partial charge < -0.3 is 0 Å². The molecule has 1 saturated heterocycles. The summed E-state index contributed by atoms with van der Waals surface area (Å²) < 4.78 is 3.15. The number of hydrogen-bond acceptors (Lipinski definition) is 4. The van der Waals surface area contributed by atoms with Crippen LogP contribution in [0.25, 0.3) is 0 Å². The first-order valence-corrected chi connectivity index (χ1v) is 7.78. The topological polar surface area (TPSA) is 34.0 Å². The van der Waals surface area contributed by atoms with Crippen molar-refractivity contribution in [2.24, 2.45) is 0 Å². The maximum Gasteiger partial charge on any atom is 0.137 e. The van der Waals surface area contributed by atoms with Crippen LogP contribution in [0.4, 0.5) is 0 Å². The van der Waals surface area contributed by atoms with Gasteiger partial charge in [0.15, 0.2) is 0 Å². The quantitative estimate of drug-likeness (QED) is 0.866. The van der Waals surface area contributed by atoms with E-state index >= 15 is 0 Å². The van der Waals surface area contributed by atoms with Crippen LogP contribution in [-0.4, -0.2) is 32.3 Å². The van der Waals surface area contributed by atoms with Gasteiger partial charge in [-0.1, -0.05) is 0 Å². The molecule has 0 bridgehead atoms. The molecular weight excluding hydrogens is 312 g/mol. The van der Waals surface area contributed by atoms with Gasteiger partial charge in [0.1, 0.15) is 12.7 Å². The van der Waals surface area contributed by atoms with Crippen LogP contribution in [0.15, 0.2) is 27.9 Å². The monoisotopic (exact) mass is 326 g/mol. The highest BCUT2D eigenvalue weighted by molar-refractivity contribution is 9.11. The van der Waals surface area contributed by atoms with Crippen molar-refractivity contribution in [1.29, 1.82) is 0 Å². The van der Waals surface area contributed by atoms with E-state index in [1.807, 2.05) is 4.68 Å². The standard InChI is InChI=1S/C12H15BrN4S/c13-12-4-10(7-18-12)5-16-3-1-2-11(16)6-17-9-14-8-15-17/h4,7-9,11H,1-3,5-6H2. The van der Waals surface area contributed by atoms with Gasteiger partial charge in [-0.3, -0.25) is 9.58 Å². The van der Waals surface area contributed by atoms with Gasteiger partial charge in [-0.25, -0.2) is 4.98 Å². The molecule has 96 valence electrons. The van der Waals surface area contributed by atoms with Crippen molar-refractivity contribution in [3.63, 3.8) is 0 Å². The molecule has 0 spiro atoms. The van der Waals surface area contributed by atoms with E-state index in [2.05, 4.69) is 42.4 Å². The summed E-state index contributed by atoms with van der Waals surface area (Å²) in [4.78, 5) is 6.56. The normalized spacial score (nSPS) is 20.6. The first-order chi connectivity index (χ1) is 8.81. The lowest BCUT2D eigenvalue weighted by Crippen LogP contribution is -2.32. The summed E-state index contributed by atoms with van der Waals surface area (Å²) in [7, 11) is 0. The average Bonchev–Trinajstić information content (AvgIpc) is 3.05. The minimum absolute atomic E-state index is 0.588. The molecule has 1 atom stereocenters. The average molecular weight is 327 g/mol. The lowest BCUT2D eigenvalue weighted by Gasteiger charge is -2.23. The molecule has 2 aromatic heterocycles. The third-order valence-corrected chi connectivity index (χ3v) is 4.92. The number of nitrogens with zero attached hydrogens (tertiary/aromatic N) is 4. The summed E-state index contributed by atoms with van der Waals surface area (Å²) in [5.41, 5.74) is 1.40. The van der Waals surface area contributed by atoms with Crippen molar-refractivity contribution in [3.8, 4) is 0 Å². The third kappa shape index (κ3) is 2.81. The molecule has 0 N–H and O–H groups in total. The van der Waals surface area contributed by atoms with Crippen molar-refractivity contribution in [3.05, 3.63) is 33.5 Å². The summed E-state index contributed by atoms with van der Waals surface area (Å²) in [5, 5.41) is 6.43. The van der Waals surface area contributed by atoms with Gasteiger partial charge in [-0.15, -0.1) is 11.3 Å². The van der Waals surface area contributed by atoms with Crippen molar-refractivity contribution >= 4 is 27.3 Å². The van der Waals surface area contributed by atoms with Crippen molar-refractivity contribution in [2.75, 3.05) is 6.54 Å². The van der Waals surface area contributed by atoms with Crippen LogP contribution in [0, 0.1) is 0 Å². The second-order valence-corrected chi connectivity index (χ2v) is 6.93. The van der Waals surface area contributed by atoms with E-state index < -0.39 is 0 Å². The number of thiophene rings is 1. The highest BCUT2D eigenvalue weighted by Crippen LogP contribution is 2.25. The van der Waals surface area contributed by atoms with Gasteiger partial charge in [0, 0.05) is 12.6 Å². The molecule has 6 heteroatoms. The lowest BCUT2D eigenvalue weighted by atomic mass is 10.2. The molecule has 0 radical (unpaired) electrons. The minimum Gasteiger partial charge on any atom is -0.294 e. The summed E-state index contributed by atoms with van der Waals surface area (Å²) >= 11 is 5.28. The number of halogens is 1. The Bertz CT molecular complexity index is 496. The van der Waals surface area contributed by atoms with Gasteiger partial charge in [-0.05, 0) is 52.3 Å². The highest BCUT2D eigenvalue weighted by Gasteiger charge is 2.25. The first-order valence-electron chi connectivity index (χ1n) is 6.10. The van der Waals surface area contributed by atoms with E-state index in [1.54, 1.807) is 24.0 Å². The summed E-state index contributed by atoms with van der Waals surface area (Å²) in [6.07, 6.45) is 5.95. The Morgan fingerprint density at radius 2 is 2.44 bits per heavy atom. The second-order valence-electron chi connectivity index (χ2n) is 4.64. The Morgan fingerprint density at radius 1 is 1.50 bits per heavy atom. The van der Waals surface area contributed by atoms with Crippen LogP contribution in [0.3, 0.4) is 0 Å². The van der Waals surface area contributed by atoms with Crippen molar-refractivity contribution in [1.82, 2.24) is 19.7 Å². The molecule has 4 nitrogen and oxygen atoms in total. The van der Waals surface area contributed by atoms with Crippen molar-refractivity contribution < 1.29 is 0 Å². The molecule has 3 rings (SSSR count).